The van der Waals surface area contributed by atoms with Gasteiger partial charge in [-0.1, -0.05) is 30.3 Å². The van der Waals surface area contributed by atoms with Crippen LogP contribution in [0, 0.1) is 0 Å². The van der Waals surface area contributed by atoms with Crippen LogP contribution in [0.3, 0.4) is 0 Å². The van der Waals surface area contributed by atoms with E-state index >= 15 is 0 Å². The van der Waals surface area contributed by atoms with Gasteiger partial charge in [0.15, 0.2) is 0 Å². The van der Waals surface area contributed by atoms with E-state index in [1.165, 1.54) is 4.31 Å². The number of nitrogens with one attached hydrogen (secondary N) is 1. The molecule has 0 aliphatic rings. The van der Waals surface area contributed by atoms with Gasteiger partial charge >= 0.3 is 0 Å². The lowest BCUT2D eigenvalue weighted by Gasteiger charge is -2.32. The smallest absolute Gasteiger partial charge is 0.242 e. The number of sulfonamides is 1. The molecule has 2 rings (SSSR count). The second kappa shape index (κ2) is 13.5. The third kappa shape index (κ3) is 10.1. The van der Waals surface area contributed by atoms with Crippen LogP contribution < -0.4 is 14.4 Å². The summed E-state index contributed by atoms with van der Waals surface area (Å²) in [6.07, 6.45) is 2.19. The summed E-state index contributed by atoms with van der Waals surface area (Å²) in [6.45, 7) is 10.3. The summed E-state index contributed by atoms with van der Waals surface area (Å²) in [7, 11) is -3.55. The van der Waals surface area contributed by atoms with E-state index in [1.54, 1.807) is 36.1 Å². The SMILES string of the molecule is CCOc1ccc(N(CCCC(=O)N(CCc2ccccc2)[C@H](C)C(=O)NC(C)(C)C)S(C)(=O)=O)cc1. The first-order valence-corrected chi connectivity index (χ1v) is 14.5. The van der Waals surface area contributed by atoms with E-state index in [0.717, 1.165) is 11.8 Å². The first-order valence-electron chi connectivity index (χ1n) is 12.7. The number of hydrogen-bond donors (Lipinski definition) is 1. The van der Waals surface area contributed by atoms with Crippen molar-refractivity contribution < 1.29 is 22.7 Å². The van der Waals surface area contributed by atoms with Crippen LogP contribution in [-0.2, 0) is 26.0 Å². The molecule has 0 radical (unpaired) electrons. The van der Waals surface area contributed by atoms with Crippen LogP contribution in [0.1, 0.15) is 53.0 Å². The maximum atomic E-state index is 13.3. The van der Waals surface area contributed by atoms with Gasteiger partial charge in [0.1, 0.15) is 11.8 Å². The molecule has 0 aromatic heterocycles. The average molecular weight is 532 g/mol. The van der Waals surface area contributed by atoms with Crippen molar-refractivity contribution in [3.05, 3.63) is 60.2 Å². The molecule has 37 heavy (non-hydrogen) atoms. The molecule has 0 spiro atoms. The zero-order chi connectivity index (χ0) is 27.6. The van der Waals surface area contributed by atoms with Crippen LogP contribution in [0.4, 0.5) is 5.69 Å². The van der Waals surface area contributed by atoms with E-state index in [4.69, 9.17) is 4.74 Å². The van der Waals surface area contributed by atoms with Crippen LogP contribution >= 0.6 is 0 Å². The monoisotopic (exact) mass is 531 g/mol. The molecule has 2 aromatic carbocycles. The molecule has 1 atom stereocenters. The molecule has 0 fully saturated rings. The van der Waals surface area contributed by atoms with E-state index in [0.29, 0.717) is 37.4 Å². The lowest BCUT2D eigenvalue weighted by Crippen LogP contribution is -2.53. The number of amides is 2. The van der Waals surface area contributed by atoms with Gasteiger partial charge in [0, 0.05) is 25.0 Å². The Morgan fingerprint density at radius 1 is 1.00 bits per heavy atom. The number of anilines is 1. The van der Waals surface area contributed by atoms with Gasteiger partial charge in [0.25, 0.3) is 0 Å². The first-order chi connectivity index (χ1) is 17.3. The third-order valence-corrected chi connectivity index (χ3v) is 6.93. The molecule has 2 aromatic rings. The van der Waals surface area contributed by atoms with Crippen LogP contribution in [0.2, 0.25) is 0 Å². The minimum Gasteiger partial charge on any atom is -0.494 e. The molecule has 0 heterocycles. The van der Waals surface area contributed by atoms with Crippen molar-refractivity contribution in [3.8, 4) is 5.75 Å². The van der Waals surface area contributed by atoms with Gasteiger partial charge in [-0.3, -0.25) is 13.9 Å². The summed E-state index contributed by atoms with van der Waals surface area (Å²) in [5.41, 5.74) is 1.16. The topological polar surface area (TPSA) is 96.0 Å². The highest BCUT2D eigenvalue weighted by Crippen LogP contribution is 2.22. The molecule has 8 nitrogen and oxygen atoms in total. The Labute approximate surface area is 222 Å². The minimum absolute atomic E-state index is 0.116. The van der Waals surface area contributed by atoms with Crippen molar-refractivity contribution in [2.75, 3.05) is 30.3 Å². The maximum Gasteiger partial charge on any atom is 0.242 e. The van der Waals surface area contributed by atoms with Crippen molar-refractivity contribution in [2.45, 2.75) is 65.5 Å². The molecular formula is C28H41N3O5S. The highest BCUT2D eigenvalue weighted by molar-refractivity contribution is 7.92. The lowest BCUT2D eigenvalue weighted by molar-refractivity contribution is -0.140. The zero-order valence-electron chi connectivity index (χ0n) is 22.9. The average Bonchev–Trinajstić information content (AvgIpc) is 2.81. The van der Waals surface area contributed by atoms with E-state index in [1.807, 2.05) is 58.0 Å². The highest BCUT2D eigenvalue weighted by atomic mass is 32.2. The number of hydrogen-bond acceptors (Lipinski definition) is 5. The van der Waals surface area contributed by atoms with Crippen molar-refractivity contribution in [2.24, 2.45) is 0 Å². The zero-order valence-corrected chi connectivity index (χ0v) is 23.7. The van der Waals surface area contributed by atoms with Crippen LogP contribution in [0.25, 0.3) is 0 Å². The summed E-state index contributed by atoms with van der Waals surface area (Å²) >= 11 is 0. The number of nitrogens with zero attached hydrogens (tertiary/aromatic N) is 2. The van der Waals surface area contributed by atoms with Gasteiger partial charge in [-0.15, -0.1) is 0 Å². The molecule has 1 N–H and O–H groups in total. The predicted molar refractivity (Wildman–Crippen MR) is 148 cm³/mol. The number of ether oxygens (including phenoxy) is 1. The van der Waals surface area contributed by atoms with Gasteiger partial charge in [0.05, 0.1) is 18.6 Å². The summed E-state index contributed by atoms with van der Waals surface area (Å²) in [4.78, 5) is 27.8. The normalized spacial score (nSPS) is 12.5. The van der Waals surface area contributed by atoms with E-state index in [2.05, 4.69) is 5.32 Å². The minimum atomic E-state index is -3.55. The first kappa shape index (κ1) is 30.2. The van der Waals surface area contributed by atoms with Gasteiger partial charge in [-0.25, -0.2) is 8.42 Å². The maximum absolute atomic E-state index is 13.3. The van der Waals surface area contributed by atoms with Crippen LogP contribution in [-0.4, -0.2) is 62.7 Å². The standard InChI is InChI=1S/C28H41N3O5S/c1-7-36-25-17-15-24(16-18-25)31(37(6,34)35)20-11-14-26(32)30(21-19-23-12-9-8-10-13-23)22(2)27(33)29-28(3,4)5/h8-10,12-13,15-18,22H,7,11,14,19-21H2,1-6H3,(H,29,33)/t22-/m1/s1. The van der Waals surface area contributed by atoms with Crippen molar-refractivity contribution in [1.82, 2.24) is 10.2 Å². The van der Waals surface area contributed by atoms with Gasteiger partial charge < -0.3 is 15.0 Å². The van der Waals surface area contributed by atoms with E-state index in [-0.39, 0.29) is 24.8 Å². The molecule has 0 saturated heterocycles. The molecule has 204 valence electrons. The van der Waals surface area contributed by atoms with Gasteiger partial charge in [-0.2, -0.15) is 0 Å². The summed E-state index contributed by atoms with van der Waals surface area (Å²) < 4.78 is 31.7. The molecule has 0 saturated carbocycles. The highest BCUT2D eigenvalue weighted by Gasteiger charge is 2.28. The fourth-order valence-corrected chi connectivity index (χ4v) is 4.89. The summed E-state index contributed by atoms with van der Waals surface area (Å²) in [6, 6.07) is 16.0. The molecule has 0 bridgehead atoms. The van der Waals surface area contributed by atoms with Crippen molar-refractivity contribution in [3.63, 3.8) is 0 Å². The number of benzene rings is 2. The number of rotatable bonds is 13. The molecule has 0 unspecified atom stereocenters. The molecule has 9 heteroatoms. The Morgan fingerprint density at radius 3 is 2.16 bits per heavy atom. The van der Waals surface area contributed by atoms with Gasteiger partial charge in [0.2, 0.25) is 21.8 Å². The Hall–Kier alpha value is -3.07. The predicted octanol–water partition coefficient (Wildman–Crippen LogP) is 4.01. The Morgan fingerprint density at radius 2 is 1.62 bits per heavy atom. The Balaban J connectivity index is 2.12. The largest absolute Gasteiger partial charge is 0.494 e. The van der Waals surface area contributed by atoms with Crippen LogP contribution in [0.15, 0.2) is 54.6 Å². The summed E-state index contributed by atoms with van der Waals surface area (Å²) in [5.74, 6) is 0.250. The second-order valence-corrected chi connectivity index (χ2v) is 12.0. The van der Waals surface area contributed by atoms with Gasteiger partial charge in [-0.05, 0) is 77.3 Å². The van der Waals surface area contributed by atoms with Crippen molar-refractivity contribution in [1.29, 1.82) is 0 Å². The molecule has 0 aliphatic carbocycles. The fourth-order valence-electron chi connectivity index (χ4n) is 3.92. The Kier molecular flexibility index (Phi) is 11.0. The van der Waals surface area contributed by atoms with E-state index < -0.39 is 21.6 Å². The number of carbonyl (C=O) groups is 2. The molecule has 0 aliphatic heterocycles. The lowest BCUT2D eigenvalue weighted by atomic mass is 10.1. The second-order valence-electron chi connectivity index (χ2n) is 10.1. The Bertz CT molecular complexity index is 1110. The number of carbonyl (C=O) groups excluding carboxylic acids is 2. The third-order valence-electron chi connectivity index (χ3n) is 5.74. The molecular weight excluding hydrogens is 490 g/mol. The quantitative estimate of drug-likeness (QED) is 0.421. The summed E-state index contributed by atoms with van der Waals surface area (Å²) in [5, 5.41) is 2.95. The van der Waals surface area contributed by atoms with Crippen LogP contribution in [0.5, 0.6) is 5.75 Å². The fraction of sp³-hybridized carbons (Fsp3) is 0.500. The van der Waals surface area contributed by atoms with Crippen molar-refractivity contribution >= 4 is 27.5 Å². The molecule has 2 amide bonds. The van der Waals surface area contributed by atoms with E-state index in [9.17, 15) is 18.0 Å².